The lowest BCUT2D eigenvalue weighted by Gasteiger charge is -2.21. The molecule has 0 saturated carbocycles. The molecule has 0 radical (unpaired) electrons. The summed E-state index contributed by atoms with van der Waals surface area (Å²) in [5, 5.41) is 5.89. The third-order valence-electron chi connectivity index (χ3n) is 4.47. The van der Waals surface area contributed by atoms with Gasteiger partial charge in [0.1, 0.15) is 23.4 Å². The first-order valence-electron chi connectivity index (χ1n) is 8.90. The van der Waals surface area contributed by atoms with Gasteiger partial charge in [-0.05, 0) is 12.1 Å². The number of aromatic nitrogens is 2. The molecular formula is C21H24N4O3. The monoisotopic (exact) mass is 380 g/mol. The lowest BCUT2D eigenvalue weighted by molar-refractivity contribution is 0.237. The molecule has 0 aliphatic rings. The zero-order valence-electron chi connectivity index (χ0n) is 16.2. The molecule has 7 heteroatoms. The van der Waals surface area contributed by atoms with Crippen molar-refractivity contribution in [1.29, 1.82) is 0 Å². The number of aryl methyl sites for hydroxylation is 1. The van der Waals surface area contributed by atoms with Crippen LogP contribution in [-0.4, -0.2) is 29.8 Å². The molecule has 0 bridgehead atoms. The van der Waals surface area contributed by atoms with Crippen LogP contribution in [0.3, 0.4) is 0 Å². The Morgan fingerprint density at radius 1 is 1.07 bits per heavy atom. The molecule has 0 aliphatic carbocycles. The molecule has 2 N–H and O–H groups in total. The number of urea groups is 1. The van der Waals surface area contributed by atoms with Gasteiger partial charge in [0.2, 0.25) is 0 Å². The lowest BCUT2D eigenvalue weighted by atomic mass is 10.0. The summed E-state index contributed by atoms with van der Waals surface area (Å²) in [6, 6.07) is 14.4. The minimum absolute atomic E-state index is 0.315. The molecule has 0 spiro atoms. The summed E-state index contributed by atoms with van der Waals surface area (Å²) < 4.78 is 12.7. The normalized spacial score (nSPS) is 11.5. The van der Waals surface area contributed by atoms with Crippen LogP contribution in [0.2, 0.25) is 0 Å². The van der Waals surface area contributed by atoms with Crippen LogP contribution in [0.5, 0.6) is 11.5 Å². The highest BCUT2D eigenvalue weighted by Gasteiger charge is 2.23. The Morgan fingerprint density at radius 3 is 2.43 bits per heavy atom. The highest BCUT2D eigenvalue weighted by atomic mass is 16.5. The van der Waals surface area contributed by atoms with E-state index in [0.717, 1.165) is 16.9 Å². The van der Waals surface area contributed by atoms with Gasteiger partial charge in [0, 0.05) is 37.1 Å². The number of carbonyl (C=O) groups is 1. The van der Waals surface area contributed by atoms with Crippen LogP contribution < -0.4 is 20.1 Å². The molecule has 3 rings (SSSR count). The molecular weight excluding hydrogens is 356 g/mol. The summed E-state index contributed by atoms with van der Waals surface area (Å²) in [6.45, 7) is 0.342. The summed E-state index contributed by atoms with van der Waals surface area (Å²) >= 11 is 0. The number of amides is 2. The topological polar surface area (TPSA) is 77.4 Å². The Kier molecular flexibility index (Phi) is 6.16. The van der Waals surface area contributed by atoms with Gasteiger partial charge in [0.25, 0.3) is 0 Å². The van der Waals surface area contributed by atoms with Gasteiger partial charge in [0.15, 0.2) is 0 Å². The molecule has 3 aromatic rings. The Morgan fingerprint density at radius 2 is 1.75 bits per heavy atom. The number of para-hydroxylation sites is 2. The fourth-order valence-electron chi connectivity index (χ4n) is 3.05. The van der Waals surface area contributed by atoms with Gasteiger partial charge in [0.05, 0.1) is 14.2 Å². The predicted octanol–water partition coefficient (Wildman–Crippen LogP) is 3.03. The quantitative estimate of drug-likeness (QED) is 0.661. The van der Waals surface area contributed by atoms with Crippen LogP contribution in [0.15, 0.2) is 60.9 Å². The molecule has 0 saturated heterocycles. The second-order valence-corrected chi connectivity index (χ2v) is 6.21. The van der Waals surface area contributed by atoms with E-state index in [9.17, 15) is 4.79 Å². The zero-order chi connectivity index (χ0) is 19.9. The maximum absolute atomic E-state index is 12.7. The number of nitrogens with zero attached hydrogens (tertiary/aromatic N) is 2. The first kappa shape index (κ1) is 19.3. The average Bonchev–Trinajstić information content (AvgIpc) is 3.16. The van der Waals surface area contributed by atoms with Crippen LogP contribution in [-0.2, 0) is 13.6 Å². The molecule has 28 heavy (non-hydrogen) atoms. The first-order chi connectivity index (χ1) is 13.6. The van der Waals surface area contributed by atoms with Crippen molar-refractivity contribution in [3.8, 4) is 11.5 Å². The SMILES string of the molecule is COc1ccccc1CNC(=O)N[C@H](c1ccccc1OC)c1nccn1C. The van der Waals surface area contributed by atoms with Crippen molar-refractivity contribution in [2.24, 2.45) is 7.05 Å². The number of hydrogen-bond donors (Lipinski definition) is 2. The Hall–Kier alpha value is -3.48. The Balaban J connectivity index is 1.80. The molecule has 7 nitrogen and oxygen atoms in total. The van der Waals surface area contributed by atoms with Crippen molar-refractivity contribution in [2.45, 2.75) is 12.6 Å². The smallest absolute Gasteiger partial charge is 0.315 e. The zero-order valence-corrected chi connectivity index (χ0v) is 16.2. The predicted molar refractivity (Wildman–Crippen MR) is 106 cm³/mol. The first-order valence-corrected chi connectivity index (χ1v) is 8.90. The highest BCUT2D eigenvalue weighted by molar-refractivity contribution is 5.75. The molecule has 2 aromatic carbocycles. The number of carbonyl (C=O) groups excluding carboxylic acids is 1. The molecule has 2 amide bonds. The van der Waals surface area contributed by atoms with Crippen molar-refractivity contribution in [1.82, 2.24) is 20.2 Å². The van der Waals surface area contributed by atoms with Gasteiger partial charge in [-0.25, -0.2) is 9.78 Å². The summed E-state index contributed by atoms with van der Waals surface area (Å²) in [6.07, 6.45) is 3.54. The number of rotatable bonds is 7. The van der Waals surface area contributed by atoms with Crippen molar-refractivity contribution in [3.05, 3.63) is 77.9 Å². The molecule has 1 heterocycles. The van der Waals surface area contributed by atoms with Crippen LogP contribution >= 0.6 is 0 Å². The van der Waals surface area contributed by atoms with E-state index in [2.05, 4.69) is 15.6 Å². The molecule has 146 valence electrons. The lowest BCUT2D eigenvalue weighted by Crippen LogP contribution is -2.39. The Labute approximate surface area is 164 Å². The van der Waals surface area contributed by atoms with Gasteiger partial charge in [-0.1, -0.05) is 36.4 Å². The van der Waals surface area contributed by atoms with Gasteiger partial charge in [-0.3, -0.25) is 0 Å². The number of benzene rings is 2. The van der Waals surface area contributed by atoms with E-state index in [-0.39, 0.29) is 6.03 Å². The summed E-state index contributed by atoms with van der Waals surface area (Å²) in [5.41, 5.74) is 1.72. The maximum atomic E-state index is 12.7. The number of ether oxygens (including phenoxy) is 2. The molecule has 0 aliphatic heterocycles. The van der Waals surface area contributed by atoms with Crippen LogP contribution in [0.25, 0.3) is 0 Å². The van der Waals surface area contributed by atoms with Gasteiger partial charge >= 0.3 is 6.03 Å². The van der Waals surface area contributed by atoms with Crippen LogP contribution in [0.4, 0.5) is 4.79 Å². The van der Waals surface area contributed by atoms with Crippen molar-refractivity contribution < 1.29 is 14.3 Å². The van der Waals surface area contributed by atoms with Gasteiger partial charge in [-0.2, -0.15) is 0 Å². The minimum Gasteiger partial charge on any atom is -0.496 e. The fraction of sp³-hybridized carbons (Fsp3) is 0.238. The van der Waals surface area contributed by atoms with Gasteiger partial charge < -0.3 is 24.7 Å². The number of hydrogen-bond acceptors (Lipinski definition) is 4. The second-order valence-electron chi connectivity index (χ2n) is 6.21. The molecule has 0 unspecified atom stereocenters. The second kappa shape index (κ2) is 8.94. The van der Waals surface area contributed by atoms with Gasteiger partial charge in [-0.15, -0.1) is 0 Å². The van der Waals surface area contributed by atoms with E-state index in [1.807, 2.05) is 66.3 Å². The standard InChI is InChI=1S/C21H24N4O3/c1-25-13-12-22-20(25)19(16-9-5-7-11-18(16)28-3)24-21(26)23-14-15-8-4-6-10-17(15)27-2/h4-13,19H,14H2,1-3H3,(H2,23,24,26)/t19-/m1/s1. The summed E-state index contributed by atoms with van der Waals surface area (Å²) in [7, 11) is 5.10. The van der Waals surface area contributed by atoms with Crippen LogP contribution in [0, 0.1) is 0 Å². The van der Waals surface area contributed by atoms with Crippen molar-refractivity contribution >= 4 is 6.03 Å². The summed E-state index contributed by atoms with van der Waals surface area (Å²) in [5.74, 6) is 2.12. The van der Waals surface area contributed by atoms with E-state index in [1.54, 1.807) is 20.4 Å². The van der Waals surface area contributed by atoms with Crippen molar-refractivity contribution in [2.75, 3.05) is 14.2 Å². The molecule has 1 aromatic heterocycles. The third kappa shape index (κ3) is 4.25. The molecule has 0 fully saturated rings. The third-order valence-corrected chi connectivity index (χ3v) is 4.47. The largest absolute Gasteiger partial charge is 0.496 e. The average molecular weight is 380 g/mol. The summed E-state index contributed by atoms with van der Waals surface area (Å²) in [4.78, 5) is 17.1. The van der Waals surface area contributed by atoms with E-state index in [0.29, 0.717) is 18.1 Å². The van der Waals surface area contributed by atoms with E-state index >= 15 is 0 Å². The minimum atomic E-state index is -0.464. The number of imidazole rings is 1. The number of nitrogens with one attached hydrogen (secondary N) is 2. The van der Waals surface area contributed by atoms with E-state index < -0.39 is 6.04 Å². The highest BCUT2D eigenvalue weighted by Crippen LogP contribution is 2.29. The number of methoxy groups -OCH3 is 2. The van der Waals surface area contributed by atoms with Crippen LogP contribution in [0.1, 0.15) is 23.0 Å². The van der Waals surface area contributed by atoms with E-state index in [4.69, 9.17) is 9.47 Å². The maximum Gasteiger partial charge on any atom is 0.315 e. The van der Waals surface area contributed by atoms with E-state index in [1.165, 1.54) is 0 Å². The fourth-order valence-corrected chi connectivity index (χ4v) is 3.05. The molecule has 1 atom stereocenters. The Bertz CT molecular complexity index is 939. The van der Waals surface area contributed by atoms with Crippen molar-refractivity contribution in [3.63, 3.8) is 0 Å².